The van der Waals surface area contributed by atoms with E-state index in [2.05, 4.69) is 27.0 Å². The van der Waals surface area contributed by atoms with Crippen molar-refractivity contribution in [1.82, 2.24) is 0 Å². The molecule has 10 nitrogen and oxygen atoms in total. The van der Waals surface area contributed by atoms with Crippen LogP contribution >= 0.6 is 0 Å². The number of hydrogen-bond acceptors (Lipinski definition) is 10. The first-order chi connectivity index (χ1) is 24.4. The highest BCUT2D eigenvalue weighted by atomic mass is 17.2. The van der Waals surface area contributed by atoms with E-state index < -0.39 is 11.9 Å². The fourth-order valence-corrected chi connectivity index (χ4v) is 4.62. The van der Waals surface area contributed by atoms with Gasteiger partial charge in [0.2, 0.25) is 0 Å². The van der Waals surface area contributed by atoms with E-state index in [1.807, 2.05) is 24.3 Å². The van der Waals surface area contributed by atoms with Crippen LogP contribution in [0.4, 0.5) is 0 Å². The van der Waals surface area contributed by atoms with Crippen molar-refractivity contribution in [3.05, 3.63) is 109 Å². The Morgan fingerprint density at radius 3 is 1.80 bits per heavy atom. The van der Waals surface area contributed by atoms with Crippen LogP contribution in [0.5, 0.6) is 23.0 Å². The number of carbonyl (C=O) groups excluding carboxylic acids is 2. The molecule has 0 heterocycles. The van der Waals surface area contributed by atoms with Gasteiger partial charge in [-0.05, 0) is 117 Å². The van der Waals surface area contributed by atoms with Crippen LogP contribution in [-0.2, 0) is 30.8 Å². The Bertz CT molecular complexity index is 1400. The molecule has 0 aliphatic carbocycles. The van der Waals surface area contributed by atoms with Gasteiger partial charge in [0.1, 0.15) is 30.5 Å². The minimum absolute atomic E-state index is 0.250. The molecule has 3 rings (SSSR count). The summed E-state index contributed by atoms with van der Waals surface area (Å²) in [6, 6.07) is 21.1. The molecule has 0 fully saturated rings. The number of carbonyl (C=O) groups is 2. The number of ether oxygens (including phenoxy) is 4. The molecule has 2 atom stereocenters. The van der Waals surface area contributed by atoms with E-state index in [9.17, 15) is 9.59 Å². The van der Waals surface area contributed by atoms with Crippen LogP contribution in [0, 0.1) is 11.8 Å². The minimum atomic E-state index is -0.481. The maximum atomic E-state index is 12.6. The number of benzene rings is 3. The number of hydrogen-bond donors (Lipinski definition) is 0. The highest BCUT2D eigenvalue weighted by Crippen LogP contribution is 2.21. The molecule has 0 aliphatic rings. The highest BCUT2D eigenvalue weighted by molar-refractivity contribution is 5.91. The fraction of sp³-hybridized carbons (Fsp3) is 0.400. The van der Waals surface area contributed by atoms with E-state index in [0.717, 1.165) is 49.8 Å². The molecular weight excluding hydrogens is 640 g/mol. The molecule has 3 aromatic carbocycles. The number of esters is 2. The molecule has 3 aromatic rings. The van der Waals surface area contributed by atoms with Gasteiger partial charge in [0.15, 0.2) is 5.75 Å². The predicted molar refractivity (Wildman–Crippen MR) is 190 cm³/mol. The van der Waals surface area contributed by atoms with E-state index in [1.165, 1.54) is 6.08 Å². The van der Waals surface area contributed by atoms with Crippen molar-refractivity contribution in [1.29, 1.82) is 0 Å². The fourth-order valence-electron chi connectivity index (χ4n) is 4.62. The van der Waals surface area contributed by atoms with Crippen LogP contribution < -0.4 is 19.1 Å². The molecule has 0 saturated heterocycles. The summed E-state index contributed by atoms with van der Waals surface area (Å²) < 4.78 is 22.2. The molecule has 0 N–H and O–H groups in total. The third kappa shape index (κ3) is 16.6. The normalized spacial score (nSPS) is 12.0. The van der Waals surface area contributed by atoms with Gasteiger partial charge in [0.25, 0.3) is 0 Å². The first kappa shape index (κ1) is 39.8. The monoisotopic (exact) mass is 690 g/mol. The van der Waals surface area contributed by atoms with Gasteiger partial charge >= 0.3 is 11.9 Å². The van der Waals surface area contributed by atoms with E-state index in [1.54, 1.807) is 54.6 Å². The Hall–Kier alpha value is -4.64. The molecule has 0 aromatic heterocycles. The summed E-state index contributed by atoms with van der Waals surface area (Å²) in [5.41, 5.74) is 1.34. The quantitative estimate of drug-likeness (QED) is 0.0154. The van der Waals surface area contributed by atoms with Crippen LogP contribution in [0.15, 0.2) is 98.1 Å². The molecule has 10 heteroatoms. The Morgan fingerprint density at radius 2 is 1.20 bits per heavy atom. The summed E-state index contributed by atoms with van der Waals surface area (Å²) in [5.74, 6) is 2.39. The lowest BCUT2D eigenvalue weighted by Crippen LogP contribution is -2.09. The first-order valence-corrected chi connectivity index (χ1v) is 17.1. The molecule has 0 saturated carbocycles. The van der Waals surface area contributed by atoms with Crippen molar-refractivity contribution in [2.24, 2.45) is 11.8 Å². The van der Waals surface area contributed by atoms with Gasteiger partial charge in [-0.2, -0.15) is 4.89 Å². The molecule has 50 heavy (non-hydrogen) atoms. The van der Waals surface area contributed by atoms with Gasteiger partial charge < -0.3 is 23.8 Å². The molecular formula is C40H50O10. The molecule has 270 valence electrons. The molecule has 0 aliphatic heterocycles. The van der Waals surface area contributed by atoms with Crippen LogP contribution in [0.25, 0.3) is 0 Å². The molecule has 0 radical (unpaired) electrons. The van der Waals surface area contributed by atoms with Gasteiger partial charge in [-0.15, -0.1) is 6.58 Å². The van der Waals surface area contributed by atoms with Crippen molar-refractivity contribution in [3.8, 4) is 23.0 Å². The van der Waals surface area contributed by atoms with E-state index in [0.29, 0.717) is 67.7 Å². The molecule has 0 amide bonds. The van der Waals surface area contributed by atoms with E-state index >= 15 is 0 Å². The predicted octanol–water partition coefficient (Wildman–Crippen LogP) is 8.65. The second-order valence-corrected chi connectivity index (χ2v) is 11.9. The summed E-state index contributed by atoms with van der Waals surface area (Å²) in [4.78, 5) is 44.5. The third-order valence-electron chi connectivity index (χ3n) is 7.63. The third-order valence-corrected chi connectivity index (χ3v) is 7.63. The summed E-state index contributed by atoms with van der Waals surface area (Å²) >= 11 is 0. The average Bonchev–Trinajstić information content (AvgIpc) is 3.13. The van der Waals surface area contributed by atoms with Crippen molar-refractivity contribution in [3.63, 3.8) is 0 Å². The Kier molecular flexibility index (Phi) is 18.8. The van der Waals surface area contributed by atoms with Crippen molar-refractivity contribution in [2.75, 3.05) is 33.0 Å². The van der Waals surface area contributed by atoms with Crippen LogP contribution in [0.2, 0.25) is 0 Å². The molecule has 0 spiro atoms. The summed E-state index contributed by atoms with van der Waals surface area (Å²) in [6.45, 7) is 14.1. The van der Waals surface area contributed by atoms with Crippen LogP contribution in [0.1, 0.15) is 68.3 Å². The zero-order chi connectivity index (χ0) is 35.8. The van der Waals surface area contributed by atoms with Gasteiger partial charge in [0, 0.05) is 6.08 Å². The van der Waals surface area contributed by atoms with Crippen LogP contribution in [0.3, 0.4) is 0 Å². The van der Waals surface area contributed by atoms with Crippen molar-refractivity contribution in [2.45, 2.75) is 59.0 Å². The summed E-state index contributed by atoms with van der Waals surface area (Å²) in [6.07, 6.45) is 8.32. The van der Waals surface area contributed by atoms with Gasteiger partial charge in [-0.1, -0.05) is 38.6 Å². The lowest BCUT2D eigenvalue weighted by Gasteiger charge is -2.12. The average molecular weight is 691 g/mol. The Balaban J connectivity index is 1.28. The van der Waals surface area contributed by atoms with Gasteiger partial charge in [0.05, 0.1) is 32.0 Å². The lowest BCUT2D eigenvalue weighted by molar-refractivity contribution is -0.286. The van der Waals surface area contributed by atoms with Gasteiger partial charge in [-0.25, -0.2) is 19.4 Å². The van der Waals surface area contributed by atoms with Crippen LogP contribution in [-0.4, -0.2) is 45.0 Å². The second kappa shape index (κ2) is 23.7. The SMILES string of the molecule is C=CCOOCCCC(C)CCOc1ccc(COOc2ccc(OC(=O)c3ccc(OCCC(C)CCCOC(=O)C=C)cc3)cc2)cc1. The van der Waals surface area contributed by atoms with Crippen molar-refractivity contribution < 1.29 is 48.1 Å². The maximum Gasteiger partial charge on any atom is 0.343 e. The highest BCUT2D eigenvalue weighted by Gasteiger charge is 2.10. The summed E-state index contributed by atoms with van der Waals surface area (Å²) in [7, 11) is 0. The van der Waals surface area contributed by atoms with Gasteiger partial charge in [-0.3, -0.25) is 0 Å². The summed E-state index contributed by atoms with van der Waals surface area (Å²) in [5, 5.41) is 0. The Labute approximate surface area is 295 Å². The lowest BCUT2D eigenvalue weighted by atomic mass is 10.0. The maximum absolute atomic E-state index is 12.6. The minimum Gasteiger partial charge on any atom is -0.494 e. The topological polar surface area (TPSA) is 108 Å². The largest absolute Gasteiger partial charge is 0.494 e. The Morgan fingerprint density at radius 1 is 0.640 bits per heavy atom. The zero-order valence-corrected chi connectivity index (χ0v) is 29.2. The zero-order valence-electron chi connectivity index (χ0n) is 29.2. The number of rotatable bonds is 26. The standard InChI is InChI=1S/C40H50O10/c1-5-25-46-47-27-8-10-32(4)24-28-43-35-15-11-33(12-16-35)30-48-50-38-21-19-37(20-22-38)49-40(42)34-13-17-36(18-14-34)44-29-23-31(3)9-7-26-45-39(41)6-2/h5-6,11-22,31-32H,1-2,7-10,23-30H2,3-4H3. The van der Waals surface area contributed by atoms with Crippen molar-refractivity contribution >= 4 is 11.9 Å². The molecule has 2 unspecified atom stereocenters. The smallest absolute Gasteiger partial charge is 0.343 e. The van der Waals surface area contributed by atoms with E-state index in [-0.39, 0.29) is 6.61 Å². The molecule has 0 bridgehead atoms. The first-order valence-electron chi connectivity index (χ1n) is 17.1. The second-order valence-electron chi connectivity index (χ2n) is 11.9. The van der Waals surface area contributed by atoms with E-state index in [4.69, 9.17) is 38.5 Å².